The number of anilines is 1. The monoisotopic (exact) mass is 357 g/mol. The Bertz CT molecular complexity index is 755. The number of carboxylic acid groups (broad SMARTS) is 1. The molecular formula is C20H23NO5. The highest BCUT2D eigenvalue weighted by atomic mass is 16.5. The van der Waals surface area contributed by atoms with Gasteiger partial charge >= 0.3 is 5.97 Å². The van der Waals surface area contributed by atoms with Gasteiger partial charge < -0.3 is 19.5 Å². The number of nitrogens with zero attached hydrogens (tertiary/aromatic N) is 1. The van der Waals surface area contributed by atoms with Gasteiger partial charge in [-0.3, -0.25) is 4.79 Å². The van der Waals surface area contributed by atoms with E-state index in [1.54, 1.807) is 49.5 Å². The first-order valence-corrected chi connectivity index (χ1v) is 8.32. The van der Waals surface area contributed by atoms with Crippen molar-refractivity contribution in [2.75, 3.05) is 25.2 Å². The number of benzene rings is 2. The van der Waals surface area contributed by atoms with E-state index in [0.717, 1.165) is 0 Å². The number of amides is 1. The Morgan fingerprint density at radius 3 is 2.35 bits per heavy atom. The molecule has 1 N–H and O–H groups in total. The zero-order chi connectivity index (χ0) is 19.1. The third-order valence-electron chi connectivity index (χ3n) is 3.56. The molecule has 0 unspecified atom stereocenters. The number of hydrogen-bond acceptors (Lipinski definition) is 4. The summed E-state index contributed by atoms with van der Waals surface area (Å²) in [5.41, 5.74) is 1.20. The molecule has 2 aromatic rings. The Kier molecular flexibility index (Phi) is 6.60. The van der Waals surface area contributed by atoms with E-state index in [4.69, 9.17) is 14.6 Å². The second-order valence-corrected chi connectivity index (χ2v) is 6.27. The quantitative estimate of drug-likeness (QED) is 0.783. The molecule has 0 bridgehead atoms. The minimum atomic E-state index is -1.04. The molecule has 0 atom stereocenters. The smallest absolute Gasteiger partial charge is 0.341 e. The summed E-state index contributed by atoms with van der Waals surface area (Å²) >= 11 is 0. The lowest BCUT2D eigenvalue weighted by molar-refractivity contribution is -0.139. The molecule has 0 radical (unpaired) electrons. The fourth-order valence-electron chi connectivity index (χ4n) is 2.20. The standard InChI is InChI=1S/C20H23NO5/c1-14(2)12-25-18-6-4-5-15(11-18)20(24)21(3)16-7-9-17(10-8-16)26-13-19(22)23/h4-11,14H,12-13H2,1-3H3,(H,22,23). The van der Waals surface area contributed by atoms with Gasteiger partial charge in [0.2, 0.25) is 0 Å². The molecule has 0 spiro atoms. The third-order valence-corrected chi connectivity index (χ3v) is 3.56. The summed E-state index contributed by atoms with van der Waals surface area (Å²) in [5, 5.41) is 8.62. The van der Waals surface area contributed by atoms with Crippen LogP contribution in [0.2, 0.25) is 0 Å². The van der Waals surface area contributed by atoms with Crippen molar-refractivity contribution in [1.29, 1.82) is 0 Å². The van der Waals surface area contributed by atoms with Crippen LogP contribution in [0.3, 0.4) is 0 Å². The number of rotatable bonds is 8. The molecule has 6 nitrogen and oxygen atoms in total. The fraction of sp³-hybridized carbons (Fsp3) is 0.300. The Morgan fingerprint density at radius 2 is 1.73 bits per heavy atom. The first-order chi connectivity index (χ1) is 12.4. The van der Waals surface area contributed by atoms with Gasteiger partial charge in [0.25, 0.3) is 5.91 Å². The second-order valence-electron chi connectivity index (χ2n) is 6.27. The van der Waals surface area contributed by atoms with Crippen molar-refractivity contribution in [1.82, 2.24) is 0 Å². The van der Waals surface area contributed by atoms with Crippen LogP contribution in [-0.4, -0.2) is 37.2 Å². The van der Waals surface area contributed by atoms with Crippen LogP contribution in [0, 0.1) is 5.92 Å². The average molecular weight is 357 g/mol. The van der Waals surface area contributed by atoms with Gasteiger partial charge in [0.15, 0.2) is 6.61 Å². The summed E-state index contributed by atoms with van der Waals surface area (Å²) in [6, 6.07) is 13.8. The van der Waals surface area contributed by atoms with Crippen molar-refractivity contribution < 1.29 is 24.2 Å². The summed E-state index contributed by atoms with van der Waals surface area (Å²) in [5.74, 6) is 0.287. The van der Waals surface area contributed by atoms with Crippen LogP contribution in [0.25, 0.3) is 0 Å². The first-order valence-electron chi connectivity index (χ1n) is 8.32. The molecule has 0 fully saturated rings. The van der Waals surface area contributed by atoms with Crippen molar-refractivity contribution in [2.24, 2.45) is 5.92 Å². The summed E-state index contributed by atoms with van der Waals surface area (Å²) in [7, 11) is 1.68. The predicted octanol–water partition coefficient (Wildman–Crippen LogP) is 3.46. The van der Waals surface area contributed by atoms with Gasteiger partial charge in [-0.15, -0.1) is 0 Å². The van der Waals surface area contributed by atoms with E-state index in [0.29, 0.717) is 35.3 Å². The average Bonchev–Trinajstić information content (AvgIpc) is 2.64. The summed E-state index contributed by atoms with van der Waals surface area (Å²) in [6.07, 6.45) is 0. The number of aliphatic carboxylic acids is 1. The largest absolute Gasteiger partial charge is 0.493 e. The van der Waals surface area contributed by atoms with E-state index in [1.807, 2.05) is 6.07 Å². The summed E-state index contributed by atoms with van der Waals surface area (Å²) in [4.78, 5) is 24.7. The Morgan fingerprint density at radius 1 is 1.04 bits per heavy atom. The maximum Gasteiger partial charge on any atom is 0.341 e. The molecule has 2 aromatic carbocycles. The molecule has 0 saturated heterocycles. The molecule has 1 amide bonds. The zero-order valence-corrected chi connectivity index (χ0v) is 15.1. The van der Waals surface area contributed by atoms with Crippen LogP contribution in [0.5, 0.6) is 11.5 Å². The van der Waals surface area contributed by atoms with Gasteiger partial charge in [-0.1, -0.05) is 19.9 Å². The van der Waals surface area contributed by atoms with Crippen LogP contribution in [-0.2, 0) is 4.79 Å². The minimum absolute atomic E-state index is 0.167. The third kappa shape index (κ3) is 5.51. The highest BCUT2D eigenvalue weighted by Gasteiger charge is 2.14. The normalized spacial score (nSPS) is 10.5. The molecule has 0 heterocycles. The lowest BCUT2D eigenvalue weighted by Crippen LogP contribution is -2.26. The summed E-state index contributed by atoms with van der Waals surface area (Å²) < 4.78 is 10.8. The highest BCUT2D eigenvalue weighted by molar-refractivity contribution is 6.05. The lowest BCUT2D eigenvalue weighted by Gasteiger charge is -2.18. The van der Waals surface area contributed by atoms with Crippen LogP contribution in [0.4, 0.5) is 5.69 Å². The van der Waals surface area contributed by atoms with E-state index in [-0.39, 0.29) is 5.91 Å². The fourth-order valence-corrected chi connectivity index (χ4v) is 2.20. The Hall–Kier alpha value is -3.02. The first kappa shape index (κ1) is 19.3. The van der Waals surface area contributed by atoms with Crippen molar-refractivity contribution in [2.45, 2.75) is 13.8 Å². The van der Waals surface area contributed by atoms with Gasteiger partial charge in [-0.25, -0.2) is 4.79 Å². The molecule has 138 valence electrons. The SMILES string of the molecule is CC(C)COc1cccc(C(=O)N(C)c2ccc(OCC(=O)O)cc2)c1. The molecule has 6 heteroatoms. The molecule has 26 heavy (non-hydrogen) atoms. The van der Waals surface area contributed by atoms with Gasteiger partial charge in [0, 0.05) is 18.3 Å². The molecule has 0 aliphatic carbocycles. The molecule has 0 saturated carbocycles. The van der Waals surface area contributed by atoms with Gasteiger partial charge in [-0.05, 0) is 48.4 Å². The second kappa shape index (κ2) is 8.89. The van der Waals surface area contributed by atoms with Gasteiger partial charge in [0.05, 0.1) is 6.61 Å². The van der Waals surface area contributed by atoms with Crippen LogP contribution < -0.4 is 14.4 Å². The number of carbonyl (C=O) groups excluding carboxylic acids is 1. The van der Waals surface area contributed by atoms with Gasteiger partial charge in [-0.2, -0.15) is 0 Å². The molecular weight excluding hydrogens is 334 g/mol. The van der Waals surface area contributed by atoms with E-state index < -0.39 is 12.6 Å². The Labute approximate surface area is 153 Å². The maximum atomic E-state index is 12.7. The topological polar surface area (TPSA) is 76.1 Å². The van der Waals surface area contributed by atoms with E-state index in [2.05, 4.69) is 13.8 Å². The molecule has 0 aliphatic heterocycles. The van der Waals surface area contributed by atoms with Crippen molar-refractivity contribution in [3.63, 3.8) is 0 Å². The summed E-state index contributed by atoms with van der Waals surface area (Å²) in [6.45, 7) is 4.31. The van der Waals surface area contributed by atoms with Crippen molar-refractivity contribution >= 4 is 17.6 Å². The van der Waals surface area contributed by atoms with Crippen molar-refractivity contribution in [3.8, 4) is 11.5 Å². The van der Waals surface area contributed by atoms with E-state index in [9.17, 15) is 9.59 Å². The Balaban J connectivity index is 2.06. The van der Waals surface area contributed by atoms with Crippen molar-refractivity contribution in [3.05, 3.63) is 54.1 Å². The zero-order valence-electron chi connectivity index (χ0n) is 15.1. The lowest BCUT2D eigenvalue weighted by atomic mass is 10.1. The highest BCUT2D eigenvalue weighted by Crippen LogP contribution is 2.22. The minimum Gasteiger partial charge on any atom is -0.493 e. The van der Waals surface area contributed by atoms with E-state index >= 15 is 0 Å². The van der Waals surface area contributed by atoms with Crippen LogP contribution in [0.1, 0.15) is 24.2 Å². The molecule has 0 aromatic heterocycles. The molecule has 2 rings (SSSR count). The van der Waals surface area contributed by atoms with Gasteiger partial charge in [0.1, 0.15) is 11.5 Å². The van der Waals surface area contributed by atoms with Crippen LogP contribution in [0.15, 0.2) is 48.5 Å². The predicted molar refractivity (Wildman–Crippen MR) is 99.1 cm³/mol. The molecule has 0 aliphatic rings. The van der Waals surface area contributed by atoms with E-state index in [1.165, 1.54) is 4.90 Å². The number of hydrogen-bond donors (Lipinski definition) is 1. The number of ether oxygens (including phenoxy) is 2. The number of carboxylic acids is 1. The maximum absolute atomic E-state index is 12.7. The number of carbonyl (C=O) groups is 2. The van der Waals surface area contributed by atoms with Crippen LogP contribution >= 0.6 is 0 Å².